The van der Waals surface area contributed by atoms with Crippen LogP contribution in [0.25, 0.3) is 11.1 Å². The molecule has 0 fully saturated rings. The Hall–Kier alpha value is -4.28. The molecule has 0 aromatic heterocycles. The number of aryl methyl sites for hydroxylation is 1. The van der Waals surface area contributed by atoms with Crippen molar-refractivity contribution in [3.63, 3.8) is 0 Å². The first-order valence-electron chi connectivity index (χ1n) is 13.9. The van der Waals surface area contributed by atoms with Crippen LogP contribution < -0.4 is 35.6 Å². The third kappa shape index (κ3) is 6.78. The van der Waals surface area contributed by atoms with E-state index in [9.17, 15) is 19.2 Å². The van der Waals surface area contributed by atoms with Crippen LogP contribution in [0.1, 0.15) is 57.7 Å². The molecule has 2 aromatic rings. The predicted molar refractivity (Wildman–Crippen MR) is 159 cm³/mol. The highest BCUT2D eigenvalue weighted by Gasteiger charge is 2.31. The average Bonchev–Trinajstić information content (AvgIpc) is 3.21. The number of benzene rings is 1. The predicted octanol–water partition coefficient (Wildman–Crippen LogP) is 3.37. The van der Waals surface area contributed by atoms with Gasteiger partial charge in [-0.05, 0) is 60.6 Å². The van der Waals surface area contributed by atoms with Crippen molar-refractivity contribution < 1.29 is 33.3 Å². The average molecular weight is 584 g/mol. The Morgan fingerprint density at radius 1 is 1.00 bits per heavy atom. The lowest BCUT2D eigenvalue weighted by Crippen LogP contribution is -2.49. The number of hydrogen-bond acceptors (Lipinski definition) is 9. The zero-order chi connectivity index (χ0) is 31.1. The number of ether oxygens (including phenoxy) is 4. The standard InChI is InChI=1S/C31H41N3O8/c1-9-16(2)27(30(37)32-17(3)31(38)42-8)34-23-13-11-20-21(15-24(23)36)22(33-18(4)35)12-10-19-14-25(39-5)28(40-6)29(41-7)26(19)20/h11,13-17,22,27H,9-10,12H2,1-8H3,(H,32,37)(H,33,35)(H,34,36)/t16-,17-,22-,27-/m1/s1. The third-order valence-corrected chi connectivity index (χ3v) is 7.64. The highest BCUT2D eigenvalue weighted by atomic mass is 16.5. The fraction of sp³-hybridized carbons (Fsp3) is 0.484. The van der Waals surface area contributed by atoms with Gasteiger partial charge in [-0.1, -0.05) is 26.3 Å². The van der Waals surface area contributed by atoms with Gasteiger partial charge in [0.15, 0.2) is 11.5 Å². The first-order valence-corrected chi connectivity index (χ1v) is 13.9. The second-order valence-corrected chi connectivity index (χ2v) is 10.4. The molecule has 11 heteroatoms. The molecule has 2 amide bonds. The van der Waals surface area contributed by atoms with Crippen LogP contribution in [0, 0.1) is 5.92 Å². The first kappa shape index (κ1) is 32.2. The Morgan fingerprint density at radius 2 is 1.69 bits per heavy atom. The number of carbonyl (C=O) groups is 3. The molecule has 3 rings (SSSR count). The van der Waals surface area contributed by atoms with Gasteiger partial charge in [0, 0.05) is 12.5 Å². The van der Waals surface area contributed by atoms with Crippen LogP contribution in [0.3, 0.4) is 0 Å². The van der Waals surface area contributed by atoms with Crippen LogP contribution in [-0.4, -0.2) is 58.3 Å². The van der Waals surface area contributed by atoms with E-state index in [0.29, 0.717) is 47.6 Å². The van der Waals surface area contributed by atoms with Gasteiger partial charge in [-0.15, -0.1) is 0 Å². The monoisotopic (exact) mass is 583 g/mol. The topological polar surface area (TPSA) is 141 Å². The summed E-state index contributed by atoms with van der Waals surface area (Å²) in [5, 5.41) is 8.78. The largest absolute Gasteiger partial charge is 0.493 e. The minimum atomic E-state index is -0.861. The number of methoxy groups -OCH3 is 4. The highest BCUT2D eigenvalue weighted by molar-refractivity contribution is 5.89. The molecule has 0 aliphatic heterocycles. The molecule has 4 atom stereocenters. The SMILES string of the molecule is CC[C@@H](C)[C@@H](Nc1ccc2c(cc1=O)[C@H](NC(C)=O)CCc1cc(OC)c(OC)c(OC)c1-2)C(=O)N[C@H](C)C(=O)OC. The molecular weight excluding hydrogens is 542 g/mol. The number of rotatable bonds is 11. The lowest BCUT2D eigenvalue weighted by molar-refractivity contribution is -0.144. The molecule has 1 aliphatic carbocycles. The summed E-state index contributed by atoms with van der Waals surface area (Å²) in [6, 6.07) is 4.65. The molecule has 228 valence electrons. The zero-order valence-corrected chi connectivity index (χ0v) is 25.5. The van der Waals surface area contributed by atoms with Gasteiger partial charge >= 0.3 is 5.97 Å². The molecule has 0 spiro atoms. The van der Waals surface area contributed by atoms with Crippen molar-refractivity contribution in [3.8, 4) is 28.4 Å². The van der Waals surface area contributed by atoms with Crippen molar-refractivity contribution in [2.75, 3.05) is 33.8 Å². The number of amides is 2. The normalized spacial score (nSPS) is 15.9. The van der Waals surface area contributed by atoms with Gasteiger partial charge in [0.1, 0.15) is 12.1 Å². The van der Waals surface area contributed by atoms with Crippen LogP contribution >= 0.6 is 0 Å². The van der Waals surface area contributed by atoms with Crippen molar-refractivity contribution in [3.05, 3.63) is 45.6 Å². The number of carbonyl (C=O) groups excluding carboxylic acids is 3. The van der Waals surface area contributed by atoms with E-state index in [0.717, 1.165) is 11.1 Å². The molecule has 0 unspecified atom stereocenters. The summed E-state index contributed by atoms with van der Waals surface area (Å²) in [6.07, 6.45) is 1.73. The second-order valence-electron chi connectivity index (χ2n) is 10.4. The molecular formula is C31H41N3O8. The van der Waals surface area contributed by atoms with Crippen molar-refractivity contribution in [1.29, 1.82) is 0 Å². The number of hydrogen-bond donors (Lipinski definition) is 3. The summed E-state index contributed by atoms with van der Waals surface area (Å²) in [7, 11) is 5.85. The minimum absolute atomic E-state index is 0.178. The van der Waals surface area contributed by atoms with E-state index in [1.54, 1.807) is 19.2 Å². The summed E-state index contributed by atoms with van der Waals surface area (Å²) in [5.41, 5.74) is 2.74. The number of nitrogens with one attached hydrogen (secondary N) is 3. The minimum Gasteiger partial charge on any atom is -0.493 e. The smallest absolute Gasteiger partial charge is 0.328 e. The van der Waals surface area contributed by atoms with Crippen molar-refractivity contribution in [1.82, 2.24) is 10.6 Å². The van der Waals surface area contributed by atoms with Crippen LogP contribution in [0.4, 0.5) is 5.69 Å². The highest BCUT2D eigenvalue weighted by Crippen LogP contribution is 2.50. The van der Waals surface area contributed by atoms with Gasteiger partial charge in [0.25, 0.3) is 0 Å². The Morgan fingerprint density at radius 3 is 2.26 bits per heavy atom. The lowest BCUT2D eigenvalue weighted by atomic mass is 9.95. The van der Waals surface area contributed by atoms with E-state index in [1.165, 1.54) is 41.2 Å². The van der Waals surface area contributed by atoms with Gasteiger partial charge < -0.3 is 34.9 Å². The third-order valence-electron chi connectivity index (χ3n) is 7.64. The van der Waals surface area contributed by atoms with E-state index in [-0.39, 0.29) is 22.9 Å². The van der Waals surface area contributed by atoms with E-state index in [1.807, 2.05) is 19.9 Å². The molecule has 0 saturated heterocycles. The molecule has 0 saturated carbocycles. The maximum Gasteiger partial charge on any atom is 0.328 e. The fourth-order valence-corrected chi connectivity index (χ4v) is 5.24. The van der Waals surface area contributed by atoms with E-state index in [2.05, 4.69) is 16.0 Å². The fourth-order valence-electron chi connectivity index (χ4n) is 5.24. The molecule has 11 nitrogen and oxygen atoms in total. The van der Waals surface area contributed by atoms with Crippen molar-refractivity contribution in [2.45, 2.75) is 65.1 Å². The van der Waals surface area contributed by atoms with Crippen LogP contribution in [0.5, 0.6) is 17.2 Å². The lowest BCUT2D eigenvalue weighted by Gasteiger charge is -2.25. The summed E-state index contributed by atoms with van der Waals surface area (Å²) >= 11 is 0. The van der Waals surface area contributed by atoms with Gasteiger partial charge in [-0.25, -0.2) is 4.79 Å². The molecule has 2 aromatic carbocycles. The summed E-state index contributed by atoms with van der Waals surface area (Å²) in [5.74, 6) is -0.0688. The van der Waals surface area contributed by atoms with Gasteiger partial charge in [0.05, 0.1) is 40.2 Å². The number of anilines is 1. The van der Waals surface area contributed by atoms with Crippen molar-refractivity contribution in [2.24, 2.45) is 5.92 Å². The van der Waals surface area contributed by atoms with Gasteiger partial charge in [0.2, 0.25) is 23.0 Å². The van der Waals surface area contributed by atoms with Crippen LogP contribution in [-0.2, 0) is 25.5 Å². The number of fused-ring (bicyclic) bond motifs is 3. The maximum atomic E-state index is 13.7. The number of esters is 1. The molecule has 0 bridgehead atoms. The van der Waals surface area contributed by atoms with Gasteiger partial charge in [-0.2, -0.15) is 0 Å². The summed E-state index contributed by atoms with van der Waals surface area (Å²) in [6.45, 7) is 6.79. The summed E-state index contributed by atoms with van der Waals surface area (Å²) < 4.78 is 21.8. The Kier molecular flexibility index (Phi) is 10.8. The van der Waals surface area contributed by atoms with Gasteiger partial charge in [-0.3, -0.25) is 14.4 Å². The van der Waals surface area contributed by atoms with E-state index in [4.69, 9.17) is 18.9 Å². The molecule has 42 heavy (non-hydrogen) atoms. The van der Waals surface area contributed by atoms with E-state index < -0.39 is 30.0 Å². The van der Waals surface area contributed by atoms with Crippen LogP contribution in [0.15, 0.2) is 29.1 Å². The molecule has 1 aliphatic rings. The Labute approximate surface area is 246 Å². The molecule has 0 radical (unpaired) electrons. The van der Waals surface area contributed by atoms with E-state index >= 15 is 0 Å². The molecule has 0 heterocycles. The Balaban J connectivity index is 2.22. The van der Waals surface area contributed by atoms with Crippen LogP contribution in [0.2, 0.25) is 0 Å². The quantitative estimate of drug-likeness (QED) is 0.340. The molecule has 3 N–H and O–H groups in total. The zero-order valence-electron chi connectivity index (χ0n) is 25.5. The Bertz CT molecular complexity index is 1390. The second kappa shape index (κ2) is 14.1. The summed E-state index contributed by atoms with van der Waals surface area (Å²) in [4.78, 5) is 51.1. The maximum absolute atomic E-state index is 13.7. The first-order chi connectivity index (χ1) is 20.0. The van der Waals surface area contributed by atoms with Crippen molar-refractivity contribution >= 4 is 23.5 Å².